The molecule has 0 atom stereocenters. The lowest BCUT2D eigenvalue weighted by atomic mass is 10.2. The first-order valence-electron chi connectivity index (χ1n) is 8.01. The highest BCUT2D eigenvalue weighted by molar-refractivity contribution is 5.69. The molecule has 5 nitrogen and oxygen atoms in total. The Kier molecular flexibility index (Phi) is 4.04. The number of benzene rings is 2. The van der Waals surface area contributed by atoms with E-state index in [4.69, 9.17) is 9.47 Å². The standard InChI is InChI=1S/C20H17N3O2/c1-24-20-19(16-10-6-3-7-11-16)21-17-12-13-18(22-23(17)20)25-14-15-8-4-2-5-9-15/h2-13H,14H2,1H3. The second-order valence-corrected chi connectivity index (χ2v) is 5.55. The summed E-state index contributed by atoms with van der Waals surface area (Å²) in [5, 5.41) is 4.51. The third kappa shape index (κ3) is 3.04. The predicted molar refractivity (Wildman–Crippen MR) is 95.7 cm³/mol. The third-order valence-electron chi connectivity index (χ3n) is 3.88. The molecule has 5 heteroatoms. The topological polar surface area (TPSA) is 48.7 Å². The Morgan fingerprint density at radius 2 is 1.60 bits per heavy atom. The molecule has 0 N–H and O–H groups in total. The Hall–Kier alpha value is -3.34. The molecule has 124 valence electrons. The fourth-order valence-corrected chi connectivity index (χ4v) is 2.67. The molecule has 2 aromatic carbocycles. The van der Waals surface area contributed by atoms with Crippen LogP contribution in [0.1, 0.15) is 5.56 Å². The Balaban J connectivity index is 1.68. The van der Waals surface area contributed by atoms with E-state index < -0.39 is 0 Å². The van der Waals surface area contributed by atoms with Gasteiger partial charge in [0.2, 0.25) is 11.8 Å². The summed E-state index contributed by atoms with van der Waals surface area (Å²) in [5.74, 6) is 1.11. The van der Waals surface area contributed by atoms with Gasteiger partial charge in [0.05, 0.1) is 7.11 Å². The molecular weight excluding hydrogens is 314 g/mol. The van der Waals surface area contributed by atoms with Crippen molar-refractivity contribution in [3.63, 3.8) is 0 Å². The molecule has 0 bridgehead atoms. The van der Waals surface area contributed by atoms with Crippen LogP contribution in [0.3, 0.4) is 0 Å². The van der Waals surface area contributed by atoms with Crippen LogP contribution in [0.2, 0.25) is 0 Å². The van der Waals surface area contributed by atoms with Gasteiger partial charge in [-0.25, -0.2) is 4.98 Å². The molecule has 0 saturated carbocycles. The van der Waals surface area contributed by atoms with Gasteiger partial charge in [-0.2, -0.15) is 4.52 Å². The summed E-state index contributed by atoms with van der Waals surface area (Å²) < 4.78 is 13.0. The van der Waals surface area contributed by atoms with Crippen molar-refractivity contribution in [1.29, 1.82) is 0 Å². The fourth-order valence-electron chi connectivity index (χ4n) is 2.67. The molecule has 0 unspecified atom stereocenters. The van der Waals surface area contributed by atoms with Crippen molar-refractivity contribution >= 4 is 5.65 Å². The average Bonchev–Trinajstić information content (AvgIpc) is 3.05. The number of imidazole rings is 1. The first-order chi connectivity index (χ1) is 12.3. The van der Waals surface area contributed by atoms with E-state index in [9.17, 15) is 0 Å². The van der Waals surface area contributed by atoms with Crippen LogP contribution in [0.5, 0.6) is 11.8 Å². The largest absolute Gasteiger partial charge is 0.479 e. The van der Waals surface area contributed by atoms with Crippen molar-refractivity contribution in [3.8, 4) is 23.0 Å². The van der Waals surface area contributed by atoms with Gasteiger partial charge in [-0.05, 0) is 11.6 Å². The minimum Gasteiger partial charge on any atom is -0.479 e. The smallest absolute Gasteiger partial charge is 0.243 e. The van der Waals surface area contributed by atoms with E-state index in [2.05, 4.69) is 10.1 Å². The van der Waals surface area contributed by atoms with Crippen LogP contribution in [-0.4, -0.2) is 21.7 Å². The highest BCUT2D eigenvalue weighted by Gasteiger charge is 2.16. The van der Waals surface area contributed by atoms with Crippen molar-refractivity contribution in [3.05, 3.63) is 78.4 Å². The minimum absolute atomic E-state index is 0.460. The van der Waals surface area contributed by atoms with Crippen molar-refractivity contribution < 1.29 is 9.47 Å². The summed E-state index contributed by atoms with van der Waals surface area (Å²) in [6, 6.07) is 23.6. The number of aromatic nitrogens is 3. The summed E-state index contributed by atoms with van der Waals surface area (Å²) in [7, 11) is 1.62. The van der Waals surface area contributed by atoms with Crippen LogP contribution in [0, 0.1) is 0 Å². The fraction of sp³-hybridized carbons (Fsp3) is 0.100. The summed E-state index contributed by atoms with van der Waals surface area (Å²) in [6.45, 7) is 0.460. The van der Waals surface area contributed by atoms with Crippen LogP contribution < -0.4 is 9.47 Å². The maximum atomic E-state index is 5.80. The van der Waals surface area contributed by atoms with Gasteiger partial charge in [0.15, 0.2) is 5.65 Å². The molecule has 0 radical (unpaired) electrons. The molecule has 4 rings (SSSR count). The molecule has 0 aliphatic rings. The number of ether oxygens (including phenoxy) is 2. The Morgan fingerprint density at radius 1 is 0.880 bits per heavy atom. The van der Waals surface area contributed by atoms with E-state index in [1.807, 2.05) is 72.8 Å². The summed E-state index contributed by atoms with van der Waals surface area (Å²) in [6.07, 6.45) is 0. The molecule has 25 heavy (non-hydrogen) atoms. The van der Waals surface area contributed by atoms with Crippen molar-refractivity contribution in [2.75, 3.05) is 7.11 Å². The van der Waals surface area contributed by atoms with E-state index in [1.165, 1.54) is 0 Å². The third-order valence-corrected chi connectivity index (χ3v) is 3.88. The first-order valence-corrected chi connectivity index (χ1v) is 8.01. The van der Waals surface area contributed by atoms with Crippen LogP contribution in [0.25, 0.3) is 16.9 Å². The van der Waals surface area contributed by atoms with E-state index in [-0.39, 0.29) is 0 Å². The average molecular weight is 331 g/mol. The maximum absolute atomic E-state index is 5.80. The van der Waals surface area contributed by atoms with Gasteiger partial charge < -0.3 is 9.47 Å². The zero-order valence-electron chi connectivity index (χ0n) is 13.8. The second-order valence-electron chi connectivity index (χ2n) is 5.55. The zero-order chi connectivity index (χ0) is 17.1. The Bertz CT molecular complexity index is 982. The molecule has 2 aromatic heterocycles. The molecule has 0 spiro atoms. The summed E-state index contributed by atoms with van der Waals surface area (Å²) >= 11 is 0. The molecule has 0 saturated heterocycles. The number of hydrogen-bond acceptors (Lipinski definition) is 4. The molecule has 0 aliphatic heterocycles. The Labute approximate surface area is 145 Å². The van der Waals surface area contributed by atoms with E-state index >= 15 is 0 Å². The molecule has 0 aliphatic carbocycles. The number of fused-ring (bicyclic) bond motifs is 1. The van der Waals surface area contributed by atoms with Crippen molar-refractivity contribution in [1.82, 2.24) is 14.6 Å². The van der Waals surface area contributed by atoms with E-state index in [0.717, 1.165) is 16.8 Å². The quantitative estimate of drug-likeness (QED) is 0.555. The normalized spacial score (nSPS) is 10.8. The number of methoxy groups -OCH3 is 1. The van der Waals surface area contributed by atoms with Crippen LogP contribution in [-0.2, 0) is 6.61 Å². The number of rotatable bonds is 5. The van der Waals surface area contributed by atoms with Crippen molar-refractivity contribution in [2.45, 2.75) is 6.61 Å². The summed E-state index contributed by atoms with van der Waals surface area (Å²) in [5.41, 5.74) is 3.54. The Morgan fingerprint density at radius 3 is 2.32 bits per heavy atom. The van der Waals surface area contributed by atoms with Gasteiger partial charge in [0, 0.05) is 11.6 Å². The highest BCUT2D eigenvalue weighted by atomic mass is 16.5. The molecule has 2 heterocycles. The van der Waals surface area contributed by atoms with Crippen LogP contribution in [0.15, 0.2) is 72.8 Å². The van der Waals surface area contributed by atoms with Gasteiger partial charge in [-0.15, -0.1) is 5.10 Å². The van der Waals surface area contributed by atoms with Gasteiger partial charge in [-0.1, -0.05) is 60.7 Å². The van der Waals surface area contributed by atoms with Crippen LogP contribution >= 0.6 is 0 Å². The van der Waals surface area contributed by atoms with E-state index in [0.29, 0.717) is 24.0 Å². The van der Waals surface area contributed by atoms with Gasteiger partial charge >= 0.3 is 0 Å². The maximum Gasteiger partial charge on any atom is 0.243 e. The molecule has 0 amide bonds. The zero-order valence-corrected chi connectivity index (χ0v) is 13.8. The minimum atomic E-state index is 0.460. The molecule has 0 fully saturated rings. The lowest BCUT2D eigenvalue weighted by molar-refractivity contribution is 0.286. The monoisotopic (exact) mass is 331 g/mol. The second kappa shape index (κ2) is 6.65. The van der Waals surface area contributed by atoms with Gasteiger partial charge in [-0.3, -0.25) is 0 Å². The highest BCUT2D eigenvalue weighted by Crippen LogP contribution is 2.30. The number of nitrogens with zero attached hydrogens (tertiary/aromatic N) is 3. The van der Waals surface area contributed by atoms with Crippen molar-refractivity contribution in [2.24, 2.45) is 0 Å². The van der Waals surface area contributed by atoms with E-state index in [1.54, 1.807) is 11.6 Å². The molecule has 4 aromatic rings. The molecular formula is C20H17N3O2. The first kappa shape index (κ1) is 15.2. The van der Waals surface area contributed by atoms with Gasteiger partial charge in [0.25, 0.3) is 0 Å². The SMILES string of the molecule is COc1c(-c2ccccc2)nc2ccc(OCc3ccccc3)nn12. The lowest BCUT2D eigenvalue weighted by Gasteiger charge is -2.06. The van der Waals surface area contributed by atoms with Crippen LogP contribution in [0.4, 0.5) is 0 Å². The number of hydrogen-bond donors (Lipinski definition) is 0. The predicted octanol–water partition coefficient (Wildman–Crippen LogP) is 3.98. The summed E-state index contributed by atoms with van der Waals surface area (Å²) in [4.78, 5) is 4.63. The lowest BCUT2D eigenvalue weighted by Crippen LogP contribution is -2.01. The van der Waals surface area contributed by atoms with Gasteiger partial charge in [0.1, 0.15) is 12.3 Å².